The van der Waals surface area contributed by atoms with Crippen LogP contribution in [0.25, 0.3) is 0 Å². The van der Waals surface area contributed by atoms with Gasteiger partial charge in [-0.15, -0.1) is 0 Å². The predicted molar refractivity (Wildman–Crippen MR) is 57.8 cm³/mol. The van der Waals surface area contributed by atoms with E-state index in [2.05, 4.69) is 11.4 Å². The third-order valence-corrected chi connectivity index (χ3v) is 2.93. The number of benzene rings is 1. The van der Waals surface area contributed by atoms with E-state index in [1.54, 1.807) is 0 Å². The Morgan fingerprint density at radius 1 is 1.50 bits per heavy atom. The minimum Gasteiger partial charge on any atom is -0.378 e. The van der Waals surface area contributed by atoms with Crippen molar-refractivity contribution in [1.82, 2.24) is 5.32 Å². The maximum Gasteiger partial charge on any atom is 0.0662 e. The molecule has 1 aromatic carbocycles. The molecule has 1 aliphatic rings. The second-order valence-electron chi connectivity index (χ2n) is 3.59. The molecule has 1 aromatic rings. The van der Waals surface area contributed by atoms with Gasteiger partial charge >= 0.3 is 0 Å². The van der Waals surface area contributed by atoms with Crippen LogP contribution in [-0.2, 0) is 4.74 Å². The van der Waals surface area contributed by atoms with Gasteiger partial charge in [-0.05, 0) is 24.1 Å². The Hall–Kier alpha value is -0.570. The van der Waals surface area contributed by atoms with Crippen LogP contribution < -0.4 is 5.32 Å². The second-order valence-corrected chi connectivity index (χ2v) is 4.00. The number of halogens is 1. The van der Waals surface area contributed by atoms with Crippen molar-refractivity contribution < 1.29 is 4.74 Å². The fourth-order valence-electron chi connectivity index (χ4n) is 1.61. The first-order chi connectivity index (χ1) is 6.77. The first kappa shape index (κ1) is 9.97. The molecular weight excluding hydrogens is 198 g/mol. The third kappa shape index (κ3) is 2.08. The Labute approximate surface area is 89.2 Å². The molecule has 2 rings (SSSR count). The van der Waals surface area contributed by atoms with Crippen molar-refractivity contribution in [2.45, 2.75) is 13.0 Å². The molecule has 2 nitrogen and oxygen atoms in total. The maximum atomic E-state index is 6.06. The Morgan fingerprint density at radius 2 is 2.36 bits per heavy atom. The predicted octanol–water partition coefficient (Wildman–Crippen LogP) is 2.31. The molecule has 0 unspecified atom stereocenters. The van der Waals surface area contributed by atoms with Crippen LogP contribution in [0.15, 0.2) is 18.2 Å². The summed E-state index contributed by atoms with van der Waals surface area (Å²) < 4.78 is 5.40. The lowest BCUT2D eigenvalue weighted by atomic mass is 10.1. The summed E-state index contributed by atoms with van der Waals surface area (Å²) in [6.45, 7) is 4.46. The highest BCUT2D eigenvalue weighted by molar-refractivity contribution is 6.31. The zero-order valence-electron chi connectivity index (χ0n) is 8.22. The molecule has 1 aliphatic heterocycles. The van der Waals surface area contributed by atoms with Crippen LogP contribution in [-0.4, -0.2) is 19.8 Å². The van der Waals surface area contributed by atoms with Crippen molar-refractivity contribution in [2.75, 3.05) is 19.8 Å². The SMILES string of the molecule is Cc1ccc([C@@H]2COCCN2)cc1Cl. The van der Waals surface area contributed by atoms with Gasteiger partial charge in [0.25, 0.3) is 0 Å². The van der Waals surface area contributed by atoms with Crippen molar-refractivity contribution in [3.05, 3.63) is 34.3 Å². The smallest absolute Gasteiger partial charge is 0.0662 e. The minimum absolute atomic E-state index is 0.293. The monoisotopic (exact) mass is 211 g/mol. The average molecular weight is 212 g/mol. The van der Waals surface area contributed by atoms with Gasteiger partial charge in [0, 0.05) is 11.6 Å². The van der Waals surface area contributed by atoms with Gasteiger partial charge < -0.3 is 10.1 Å². The van der Waals surface area contributed by atoms with Crippen molar-refractivity contribution in [3.63, 3.8) is 0 Å². The molecule has 1 atom stereocenters. The van der Waals surface area contributed by atoms with E-state index in [-0.39, 0.29) is 0 Å². The summed E-state index contributed by atoms with van der Waals surface area (Å²) >= 11 is 6.06. The van der Waals surface area contributed by atoms with Crippen molar-refractivity contribution in [2.24, 2.45) is 0 Å². The van der Waals surface area contributed by atoms with Gasteiger partial charge in [0.1, 0.15) is 0 Å². The molecule has 76 valence electrons. The zero-order chi connectivity index (χ0) is 9.97. The van der Waals surface area contributed by atoms with Crippen LogP contribution in [0.5, 0.6) is 0 Å². The molecule has 1 saturated heterocycles. The highest BCUT2D eigenvalue weighted by Gasteiger charge is 2.15. The summed E-state index contributed by atoms with van der Waals surface area (Å²) in [5, 5.41) is 4.23. The van der Waals surface area contributed by atoms with Gasteiger partial charge in [0.05, 0.1) is 19.3 Å². The molecule has 0 saturated carbocycles. The maximum absolute atomic E-state index is 6.06. The van der Waals surface area contributed by atoms with E-state index >= 15 is 0 Å². The summed E-state index contributed by atoms with van der Waals surface area (Å²) in [7, 11) is 0. The molecule has 3 heteroatoms. The van der Waals surface area contributed by atoms with Crippen LogP contribution in [0.1, 0.15) is 17.2 Å². The first-order valence-corrected chi connectivity index (χ1v) is 5.22. The molecule has 0 bridgehead atoms. The van der Waals surface area contributed by atoms with E-state index < -0.39 is 0 Å². The van der Waals surface area contributed by atoms with Gasteiger partial charge in [-0.1, -0.05) is 23.7 Å². The normalized spacial score (nSPS) is 22.3. The topological polar surface area (TPSA) is 21.3 Å². The lowest BCUT2D eigenvalue weighted by molar-refractivity contribution is 0.0769. The van der Waals surface area contributed by atoms with Gasteiger partial charge in [-0.2, -0.15) is 0 Å². The second kappa shape index (κ2) is 4.30. The number of nitrogens with one attached hydrogen (secondary N) is 1. The molecule has 14 heavy (non-hydrogen) atoms. The summed E-state index contributed by atoms with van der Waals surface area (Å²) in [4.78, 5) is 0. The minimum atomic E-state index is 0.293. The number of aryl methyl sites for hydroxylation is 1. The van der Waals surface area contributed by atoms with E-state index in [0.717, 1.165) is 30.3 Å². The summed E-state index contributed by atoms with van der Waals surface area (Å²) in [5.41, 5.74) is 2.33. The van der Waals surface area contributed by atoms with E-state index in [1.807, 2.05) is 19.1 Å². The summed E-state index contributed by atoms with van der Waals surface area (Å²) in [6.07, 6.45) is 0. The number of ether oxygens (including phenoxy) is 1. The average Bonchev–Trinajstić information content (AvgIpc) is 2.23. The van der Waals surface area contributed by atoms with Crippen molar-refractivity contribution in [1.29, 1.82) is 0 Å². The summed E-state index contributed by atoms with van der Waals surface area (Å²) in [5.74, 6) is 0. The Balaban J connectivity index is 2.18. The number of morpholine rings is 1. The van der Waals surface area contributed by atoms with Crippen LogP contribution in [0.4, 0.5) is 0 Å². The third-order valence-electron chi connectivity index (χ3n) is 2.52. The number of rotatable bonds is 1. The fraction of sp³-hybridized carbons (Fsp3) is 0.455. The fourth-order valence-corrected chi connectivity index (χ4v) is 1.79. The van der Waals surface area contributed by atoms with Gasteiger partial charge in [-0.3, -0.25) is 0 Å². The van der Waals surface area contributed by atoms with Crippen LogP contribution in [0, 0.1) is 6.92 Å². The highest BCUT2D eigenvalue weighted by atomic mass is 35.5. The van der Waals surface area contributed by atoms with E-state index in [4.69, 9.17) is 16.3 Å². The van der Waals surface area contributed by atoms with Gasteiger partial charge in [-0.25, -0.2) is 0 Å². The molecule has 0 aliphatic carbocycles. The molecule has 1 N–H and O–H groups in total. The van der Waals surface area contributed by atoms with Crippen LogP contribution >= 0.6 is 11.6 Å². The van der Waals surface area contributed by atoms with Crippen molar-refractivity contribution in [3.8, 4) is 0 Å². The number of hydrogen-bond acceptors (Lipinski definition) is 2. The standard InChI is InChI=1S/C11H14ClNO/c1-8-2-3-9(6-10(8)12)11-7-14-5-4-13-11/h2-3,6,11,13H,4-5,7H2,1H3/t11-/m0/s1. The Kier molecular flexibility index (Phi) is 3.06. The lowest BCUT2D eigenvalue weighted by Crippen LogP contribution is -2.34. The van der Waals surface area contributed by atoms with Gasteiger partial charge in [0.15, 0.2) is 0 Å². The molecule has 1 fully saturated rings. The first-order valence-electron chi connectivity index (χ1n) is 4.84. The number of hydrogen-bond donors (Lipinski definition) is 1. The molecule has 0 spiro atoms. The van der Waals surface area contributed by atoms with Crippen LogP contribution in [0.3, 0.4) is 0 Å². The van der Waals surface area contributed by atoms with E-state index in [9.17, 15) is 0 Å². The quantitative estimate of drug-likeness (QED) is 0.770. The molecule has 0 radical (unpaired) electrons. The highest BCUT2D eigenvalue weighted by Crippen LogP contribution is 2.22. The zero-order valence-corrected chi connectivity index (χ0v) is 8.97. The Bertz CT molecular complexity index is 321. The van der Waals surface area contributed by atoms with Crippen molar-refractivity contribution >= 4 is 11.6 Å². The largest absolute Gasteiger partial charge is 0.378 e. The molecular formula is C11H14ClNO. The lowest BCUT2D eigenvalue weighted by Gasteiger charge is -2.24. The summed E-state index contributed by atoms with van der Waals surface area (Å²) in [6, 6.07) is 6.46. The Morgan fingerprint density at radius 3 is 3.00 bits per heavy atom. The van der Waals surface area contributed by atoms with Crippen LogP contribution in [0.2, 0.25) is 5.02 Å². The molecule has 0 aromatic heterocycles. The van der Waals surface area contributed by atoms with E-state index in [1.165, 1.54) is 5.56 Å². The van der Waals surface area contributed by atoms with E-state index in [0.29, 0.717) is 6.04 Å². The van der Waals surface area contributed by atoms with Gasteiger partial charge in [0.2, 0.25) is 0 Å². The molecule has 1 heterocycles. The molecule has 0 amide bonds.